The van der Waals surface area contributed by atoms with Crippen LogP contribution < -0.4 is 4.72 Å². The highest BCUT2D eigenvalue weighted by molar-refractivity contribution is 7.98. The molecule has 0 saturated carbocycles. The van der Waals surface area contributed by atoms with Crippen LogP contribution in [-0.2, 0) is 26.2 Å². The fourth-order valence-electron chi connectivity index (χ4n) is 2.76. The van der Waals surface area contributed by atoms with Gasteiger partial charge >= 0.3 is 5.97 Å². The first-order valence-electron chi connectivity index (χ1n) is 9.63. The molecule has 1 unspecified atom stereocenters. The maximum atomic E-state index is 12.7. The zero-order valence-corrected chi connectivity index (χ0v) is 19.7. The number of hydrogen-bond acceptors (Lipinski definition) is 7. The van der Waals surface area contributed by atoms with E-state index in [0.717, 1.165) is 10.6 Å². The van der Waals surface area contributed by atoms with E-state index in [2.05, 4.69) is 9.71 Å². The number of carbonyl (C=O) groups excluding carboxylic acids is 1. The Labute approximate surface area is 191 Å². The van der Waals surface area contributed by atoms with Crippen molar-refractivity contribution in [3.8, 4) is 10.6 Å². The van der Waals surface area contributed by atoms with E-state index in [4.69, 9.17) is 4.74 Å². The van der Waals surface area contributed by atoms with E-state index in [1.807, 2.05) is 42.8 Å². The van der Waals surface area contributed by atoms with Gasteiger partial charge in [0.15, 0.2) is 0 Å². The zero-order valence-electron chi connectivity index (χ0n) is 17.3. The van der Waals surface area contributed by atoms with Gasteiger partial charge < -0.3 is 4.74 Å². The van der Waals surface area contributed by atoms with E-state index < -0.39 is 22.0 Å². The Morgan fingerprint density at radius 3 is 2.55 bits per heavy atom. The largest absolute Gasteiger partial charge is 0.458 e. The molecule has 0 saturated heterocycles. The second-order valence-electron chi connectivity index (χ2n) is 6.89. The molecule has 1 atom stereocenters. The van der Waals surface area contributed by atoms with Crippen molar-refractivity contribution >= 4 is 39.1 Å². The summed E-state index contributed by atoms with van der Waals surface area (Å²) in [5.41, 5.74) is 2.80. The van der Waals surface area contributed by atoms with Crippen LogP contribution in [0.15, 0.2) is 64.9 Å². The lowest BCUT2D eigenvalue weighted by Crippen LogP contribution is -2.42. The molecule has 3 aromatic rings. The summed E-state index contributed by atoms with van der Waals surface area (Å²) in [5.74, 6) is 0.00386. The van der Waals surface area contributed by atoms with Gasteiger partial charge in [-0.15, -0.1) is 11.3 Å². The first kappa shape index (κ1) is 23.5. The number of aryl methyl sites for hydroxylation is 1. The number of benzene rings is 2. The SMILES string of the molecule is CSCCC(NS(=O)(=O)c1ccccc1)C(=O)OCc1csc(-c2ccc(C)cc2)n1. The number of rotatable bonds is 10. The Morgan fingerprint density at radius 2 is 1.87 bits per heavy atom. The summed E-state index contributed by atoms with van der Waals surface area (Å²) in [6.45, 7) is 2.01. The van der Waals surface area contributed by atoms with Crippen LogP contribution >= 0.6 is 23.1 Å². The molecular weight excluding hydrogens is 452 g/mol. The number of esters is 1. The van der Waals surface area contributed by atoms with E-state index in [9.17, 15) is 13.2 Å². The van der Waals surface area contributed by atoms with Crippen LogP contribution in [0.1, 0.15) is 17.7 Å². The minimum atomic E-state index is -3.83. The number of aromatic nitrogens is 1. The highest BCUT2D eigenvalue weighted by Gasteiger charge is 2.26. The van der Waals surface area contributed by atoms with Gasteiger partial charge in [-0.3, -0.25) is 4.79 Å². The van der Waals surface area contributed by atoms with Crippen LogP contribution in [0.5, 0.6) is 0 Å². The van der Waals surface area contributed by atoms with Crippen molar-refractivity contribution in [1.29, 1.82) is 0 Å². The third-order valence-corrected chi connectivity index (χ3v) is 7.53. The van der Waals surface area contributed by atoms with Crippen molar-refractivity contribution in [2.24, 2.45) is 0 Å². The molecule has 1 aromatic heterocycles. The Morgan fingerprint density at radius 1 is 1.16 bits per heavy atom. The number of ether oxygens (including phenoxy) is 1. The van der Waals surface area contributed by atoms with Crippen molar-refractivity contribution in [3.63, 3.8) is 0 Å². The normalized spacial score (nSPS) is 12.5. The first-order valence-corrected chi connectivity index (χ1v) is 13.4. The number of sulfonamides is 1. The first-order chi connectivity index (χ1) is 14.9. The maximum Gasteiger partial charge on any atom is 0.324 e. The lowest BCUT2D eigenvalue weighted by molar-refractivity contribution is -0.147. The average Bonchev–Trinajstić information content (AvgIpc) is 3.25. The van der Waals surface area contributed by atoms with Gasteiger partial charge in [0.2, 0.25) is 10.0 Å². The van der Waals surface area contributed by atoms with Crippen LogP contribution in [0.25, 0.3) is 10.6 Å². The number of nitrogens with one attached hydrogen (secondary N) is 1. The second-order valence-corrected chi connectivity index (χ2v) is 10.4. The van der Waals surface area contributed by atoms with Gasteiger partial charge in [-0.1, -0.05) is 48.0 Å². The topological polar surface area (TPSA) is 85.4 Å². The van der Waals surface area contributed by atoms with Crippen molar-refractivity contribution in [3.05, 3.63) is 71.2 Å². The molecule has 31 heavy (non-hydrogen) atoms. The minimum absolute atomic E-state index is 0.00989. The third-order valence-electron chi connectivity index (χ3n) is 4.46. The third kappa shape index (κ3) is 6.64. The van der Waals surface area contributed by atoms with Crippen molar-refractivity contribution < 1.29 is 17.9 Å². The predicted octanol–water partition coefficient (Wildman–Crippen LogP) is 4.26. The van der Waals surface area contributed by atoms with Gasteiger partial charge in [-0.25, -0.2) is 13.4 Å². The molecule has 164 valence electrons. The van der Waals surface area contributed by atoms with E-state index in [0.29, 0.717) is 17.9 Å². The molecule has 2 aromatic carbocycles. The Hall–Kier alpha value is -2.20. The highest BCUT2D eigenvalue weighted by atomic mass is 32.2. The Kier molecular flexibility index (Phi) is 8.25. The molecule has 1 N–H and O–H groups in total. The van der Waals surface area contributed by atoms with E-state index in [1.54, 1.807) is 18.2 Å². The smallest absolute Gasteiger partial charge is 0.324 e. The second kappa shape index (κ2) is 10.9. The molecule has 9 heteroatoms. The van der Waals surface area contributed by atoms with E-state index in [-0.39, 0.29) is 11.5 Å². The summed E-state index contributed by atoms with van der Waals surface area (Å²) in [4.78, 5) is 17.3. The number of thiazole rings is 1. The molecule has 0 aliphatic heterocycles. The van der Waals surface area contributed by atoms with Crippen LogP contribution in [0.4, 0.5) is 0 Å². The lowest BCUT2D eigenvalue weighted by atomic mass is 10.2. The predicted molar refractivity (Wildman–Crippen MR) is 126 cm³/mol. The lowest BCUT2D eigenvalue weighted by Gasteiger charge is -2.17. The van der Waals surface area contributed by atoms with Crippen molar-refractivity contribution in [2.45, 2.75) is 30.9 Å². The van der Waals surface area contributed by atoms with Gasteiger partial charge in [0.1, 0.15) is 17.7 Å². The summed E-state index contributed by atoms with van der Waals surface area (Å²) in [6.07, 6.45) is 2.23. The van der Waals surface area contributed by atoms with Crippen LogP contribution in [0.3, 0.4) is 0 Å². The molecule has 0 aliphatic carbocycles. The summed E-state index contributed by atoms with van der Waals surface area (Å²) < 4.78 is 33.2. The average molecular weight is 477 g/mol. The maximum absolute atomic E-state index is 12.7. The molecule has 0 amide bonds. The Balaban J connectivity index is 1.65. The molecule has 6 nitrogen and oxygen atoms in total. The Bertz CT molecular complexity index is 1100. The number of thioether (sulfide) groups is 1. The van der Waals surface area contributed by atoms with Crippen molar-refractivity contribution in [2.75, 3.05) is 12.0 Å². The molecule has 0 aliphatic rings. The van der Waals surface area contributed by atoms with Gasteiger partial charge in [0.05, 0.1) is 10.6 Å². The molecule has 0 bridgehead atoms. The fourth-order valence-corrected chi connectivity index (χ4v) is 5.29. The summed E-state index contributed by atoms with van der Waals surface area (Å²) >= 11 is 3.00. The summed E-state index contributed by atoms with van der Waals surface area (Å²) in [5, 5.41) is 2.68. The highest BCUT2D eigenvalue weighted by Crippen LogP contribution is 2.24. The van der Waals surface area contributed by atoms with Gasteiger partial charge in [-0.05, 0) is 37.5 Å². The molecule has 0 fully saturated rings. The molecule has 0 radical (unpaired) electrons. The van der Waals surface area contributed by atoms with Gasteiger partial charge in [0, 0.05) is 10.9 Å². The monoisotopic (exact) mass is 476 g/mol. The van der Waals surface area contributed by atoms with Crippen LogP contribution in [0.2, 0.25) is 0 Å². The van der Waals surface area contributed by atoms with Crippen LogP contribution in [-0.4, -0.2) is 37.4 Å². The summed E-state index contributed by atoms with van der Waals surface area (Å²) in [7, 11) is -3.83. The number of nitrogens with zero attached hydrogens (tertiary/aromatic N) is 1. The molecule has 1 heterocycles. The van der Waals surface area contributed by atoms with Crippen molar-refractivity contribution in [1.82, 2.24) is 9.71 Å². The molecule has 3 rings (SSSR count). The zero-order chi connectivity index (χ0) is 22.3. The standard InChI is InChI=1S/C22H24N2O4S3/c1-16-8-10-17(11-9-16)21-23-18(15-30-21)14-28-22(25)20(12-13-29-2)24-31(26,27)19-6-4-3-5-7-19/h3-11,15,20,24H,12-14H2,1-2H3. The minimum Gasteiger partial charge on any atom is -0.458 e. The quantitative estimate of drug-likeness (QED) is 0.440. The fraction of sp³-hybridized carbons (Fsp3) is 0.273. The number of hydrogen-bond donors (Lipinski definition) is 1. The van der Waals surface area contributed by atoms with Gasteiger partial charge in [-0.2, -0.15) is 16.5 Å². The van der Waals surface area contributed by atoms with E-state index in [1.165, 1.54) is 40.8 Å². The van der Waals surface area contributed by atoms with Gasteiger partial charge in [0.25, 0.3) is 0 Å². The van der Waals surface area contributed by atoms with Crippen LogP contribution in [0, 0.1) is 6.92 Å². The molecule has 0 spiro atoms. The van der Waals surface area contributed by atoms with E-state index >= 15 is 0 Å². The molecular formula is C22H24N2O4S3. The summed E-state index contributed by atoms with van der Waals surface area (Å²) in [6, 6.07) is 15.1. The number of carbonyl (C=O) groups is 1.